The van der Waals surface area contributed by atoms with E-state index in [0.29, 0.717) is 0 Å². The van der Waals surface area contributed by atoms with Crippen molar-refractivity contribution in [2.45, 2.75) is 13.0 Å². The van der Waals surface area contributed by atoms with E-state index in [4.69, 9.17) is 5.73 Å². The molecule has 1 heterocycles. The number of nitrogen functional groups attached to an aromatic ring is 1. The van der Waals surface area contributed by atoms with Crippen molar-refractivity contribution in [2.75, 3.05) is 30.3 Å². The van der Waals surface area contributed by atoms with Crippen LogP contribution >= 0.6 is 11.8 Å². The predicted octanol–water partition coefficient (Wildman–Crippen LogP) is 2.21. The molecule has 0 aromatic heterocycles. The van der Waals surface area contributed by atoms with E-state index in [-0.39, 0.29) is 0 Å². The molecule has 2 N–H and O–H groups in total. The third kappa shape index (κ3) is 3.43. The molecule has 1 aromatic carbocycles. The molecular formula is C12H18N2S. The van der Waals surface area contributed by atoms with E-state index in [1.54, 1.807) is 0 Å². The van der Waals surface area contributed by atoms with E-state index in [1.807, 2.05) is 12.1 Å². The first-order valence-electron chi connectivity index (χ1n) is 5.49. The van der Waals surface area contributed by atoms with Gasteiger partial charge in [0.15, 0.2) is 0 Å². The standard InChI is InChI=1S/C12H18N2S/c13-12-4-1-3-11(9-12)10-14-5-2-7-15-8-6-14/h1,3-4,9H,2,5-8,10,13H2. The van der Waals surface area contributed by atoms with Gasteiger partial charge in [0.2, 0.25) is 0 Å². The highest BCUT2D eigenvalue weighted by Gasteiger charge is 2.09. The molecule has 2 rings (SSSR count). The van der Waals surface area contributed by atoms with Crippen molar-refractivity contribution in [1.29, 1.82) is 0 Å². The fourth-order valence-electron chi connectivity index (χ4n) is 1.91. The molecule has 0 unspecified atom stereocenters. The summed E-state index contributed by atoms with van der Waals surface area (Å²) >= 11 is 2.07. The van der Waals surface area contributed by atoms with Crippen molar-refractivity contribution < 1.29 is 0 Å². The van der Waals surface area contributed by atoms with Crippen LogP contribution in [0.5, 0.6) is 0 Å². The molecule has 0 aliphatic carbocycles. The van der Waals surface area contributed by atoms with Crippen LogP contribution in [0, 0.1) is 0 Å². The van der Waals surface area contributed by atoms with Crippen molar-refractivity contribution in [1.82, 2.24) is 4.90 Å². The van der Waals surface area contributed by atoms with Crippen LogP contribution in [0.4, 0.5) is 5.69 Å². The fourth-order valence-corrected chi connectivity index (χ4v) is 2.83. The Morgan fingerprint density at radius 2 is 2.20 bits per heavy atom. The zero-order valence-corrected chi connectivity index (χ0v) is 9.80. The van der Waals surface area contributed by atoms with Gasteiger partial charge in [-0.15, -0.1) is 0 Å². The van der Waals surface area contributed by atoms with E-state index in [2.05, 4.69) is 28.8 Å². The van der Waals surface area contributed by atoms with Crippen LogP contribution in [-0.4, -0.2) is 29.5 Å². The van der Waals surface area contributed by atoms with Gasteiger partial charge in [-0.2, -0.15) is 11.8 Å². The van der Waals surface area contributed by atoms with Crippen LogP contribution in [-0.2, 0) is 6.54 Å². The fraction of sp³-hybridized carbons (Fsp3) is 0.500. The number of nitrogens with two attached hydrogens (primary N) is 1. The summed E-state index contributed by atoms with van der Waals surface area (Å²) in [6.45, 7) is 3.48. The molecule has 1 aliphatic heterocycles. The first kappa shape index (κ1) is 10.8. The van der Waals surface area contributed by atoms with E-state index in [1.165, 1.54) is 36.6 Å². The number of nitrogens with zero attached hydrogens (tertiary/aromatic N) is 1. The maximum atomic E-state index is 5.77. The summed E-state index contributed by atoms with van der Waals surface area (Å²) in [6.07, 6.45) is 1.31. The summed E-state index contributed by atoms with van der Waals surface area (Å²) in [7, 11) is 0. The number of hydrogen-bond acceptors (Lipinski definition) is 3. The van der Waals surface area contributed by atoms with Gasteiger partial charge in [-0.25, -0.2) is 0 Å². The monoisotopic (exact) mass is 222 g/mol. The highest BCUT2D eigenvalue weighted by Crippen LogP contribution is 2.14. The summed E-state index contributed by atoms with van der Waals surface area (Å²) in [4.78, 5) is 2.52. The van der Waals surface area contributed by atoms with Gasteiger partial charge in [0.05, 0.1) is 0 Å². The SMILES string of the molecule is Nc1cccc(CN2CCCSCC2)c1. The second kappa shape index (κ2) is 5.42. The summed E-state index contributed by atoms with van der Waals surface area (Å²) in [6, 6.07) is 8.23. The van der Waals surface area contributed by atoms with Crippen LogP contribution in [0.25, 0.3) is 0 Å². The molecule has 0 spiro atoms. The number of benzene rings is 1. The van der Waals surface area contributed by atoms with E-state index >= 15 is 0 Å². The lowest BCUT2D eigenvalue weighted by Crippen LogP contribution is -2.25. The van der Waals surface area contributed by atoms with E-state index in [9.17, 15) is 0 Å². The highest BCUT2D eigenvalue weighted by molar-refractivity contribution is 7.99. The number of rotatable bonds is 2. The topological polar surface area (TPSA) is 29.3 Å². The lowest BCUT2D eigenvalue weighted by Gasteiger charge is -2.19. The van der Waals surface area contributed by atoms with Gasteiger partial charge < -0.3 is 5.73 Å². The number of hydrogen-bond donors (Lipinski definition) is 1. The van der Waals surface area contributed by atoms with Crippen molar-refractivity contribution in [2.24, 2.45) is 0 Å². The first-order valence-corrected chi connectivity index (χ1v) is 6.64. The molecule has 1 saturated heterocycles. The Morgan fingerprint density at radius 1 is 1.27 bits per heavy atom. The summed E-state index contributed by atoms with van der Waals surface area (Å²) in [5.74, 6) is 2.58. The molecule has 0 bridgehead atoms. The van der Waals surface area contributed by atoms with Crippen LogP contribution in [0.15, 0.2) is 24.3 Å². The van der Waals surface area contributed by atoms with Crippen LogP contribution in [0.3, 0.4) is 0 Å². The molecule has 0 radical (unpaired) electrons. The molecule has 3 heteroatoms. The van der Waals surface area contributed by atoms with Crippen molar-refractivity contribution in [3.8, 4) is 0 Å². The minimum Gasteiger partial charge on any atom is -0.399 e. The van der Waals surface area contributed by atoms with Crippen LogP contribution in [0.2, 0.25) is 0 Å². The van der Waals surface area contributed by atoms with Crippen LogP contribution < -0.4 is 5.73 Å². The Bertz CT molecular complexity index is 306. The smallest absolute Gasteiger partial charge is 0.0317 e. The molecule has 2 nitrogen and oxygen atoms in total. The third-order valence-corrected chi connectivity index (χ3v) is 3.72. The van der Waals surface area contributed by atoms with E-state index < -0.39 is 0 Å². The van der Waals surface area contributed by atoms with Crippen LogP contribution in [0.1, 0.15) is 12.0 Å². The predicted molar refractivity (Wildman–Crippen MR) is 68.1 cm³/mol. The molecule has 1 fully saturated rings. The van der Waals surface area contributed by atoms with Gasteiger partial charge in [0.1, 0.15) is 0 Å². The maximum absolute atomic E-state index is 5.77. The second-order valence-corrected chi connectivity index (χ2v) is 5.21. The highest BCUT2D eigenvalue weighted by atomic mass is 32.2. The Labute approximate surface area is 95.8 Å². The molecule has 0 atom stereocenters. The van der Waals surface area contributed by atoms with Gasteiger partial charge in [-0.1, -0.05) is 12.1 Å². The minimum absolute atomic E-state index is 0.872. The summed E-state index contributed by atoms with van der Waals surface area (Å²) in [5.41, 5.74) is 7.98. The largest absolute Gasteiger partial charge is 0.399 e. The number of thioether (sulfide) groups is 1. The molecule has 1 aliphatic rings. The average Bonchev–Trinajstić information content (AvgIpc) is 2.46. The van der Waals surface area contributed by atoms with Gasteiger partial charge in [-0.05, 0) is 36.4 Å². The lowest BCUT2D eigenvalue weighted by atomic mass is 10.2. The molecule has 15 heavy (non-hydrogen) atoms. The Balaban J connectivity index is 1.95. The molecule has 82 valence electrons. The second-order valence-electron chi connectivity index (χ2n) is 3.99. The molecular weight excluding hydrogens is 204 g/mol. The van der Waals surface area contributed by atoms with Gasteiger partial charge >= 0.3 is 0 Å². The zero-order chi connectivity index (χ0) is 10.5. The average molecular weight is 222 g/mol. The molecule has 0 amide bonds. The Kier molecular flexibility index (Phi) is 3.92. The minimum atomic E-state index is 0.872. The Hall–Kier alpha value is -0.670. The van der Waals surface area contributed by atoms with Gasteiger partial charge in [-0.3, -0.25) is 4.90 Å². The quantitative estimate of drug-likeness (QED) is 0.778. The van der Waals surface area contributed by atoms with Gasteiger partial charge in [0, 0.05) is 24.5 Å². The summed E-state index contributed by atoms with van der Waals surface area (Å²) in [5, 5.41) is 0. The maximum Gasteiger partial charge on any atom is 0.0317 e. The zero-order valence-electron chi connectivity index (χ0n) is 8.98. The van der Waals surface area contributed by atoms with Crippen molar-refractivity contribution in [3.05, 3.63) is 29.8 Å². The van der Waals surface area contributed by atoms with Crippen molar-refractivity contribution >= 4 is 17.4 Å². The van der Waals surface area contributed by atoms with Gasteiger partial charge in [0.25, 0.3) is 0 Å². The van der Waals surface area contributed by atoms with Crippen molar-refractivity contribution in [3.63, 3.8) is 0 Å². The third-order valence-electron chi connectivity index (χ3n) is 2.67. The molecule has 1 aromatic rings. The lowest BCUT2D eigenvalue weighted by molar-refractivity contribution is 0.287. The number of anilines is 1. The van der Waals surface area contributed by atoms with E-state index in [0.717, 1.165) is 12.2 Å². The summed E-state index contributed by atoms with van der Waals surface area (Å²) < 4.78 is 0. The normalized spacial score (nSPS) is 18.7. The Morgan fingerprint density at radius 3 is 3.07 bits per heavy atom. The first-order chi connectivity index (χ1) is 7.34. The molecule has 0 saturated carbocycles.